The van der Waals surface area contributed by atoms with Crippen molar-refractivity contribution in [3.8, 4) is 0 Å². The maximum atomic E-state index is 4.03. The molecule has 0 spiro atoms. The zero-order chi connectivity index (χ0) is 5.91. The molecule has 0 saturated carbocycles. The SMILES string of the molecule is CC(C)(C)C=PS. The van der Waals surface area contributed by atoms with E-state index in [0.29, 0.717) is 5.41 Å². The summed E-state index contributed by atoms with van der Waals surface area (Å²) in [6.45, 7) is 6.49. The van der Waals surface area contributed by atoms with Gasteiger partial charge < -0.3 is 0 Å². The summed E-state index contributed by atoms with van der Waals surface area (Å²) in [5.74, 6) is 2.15. The quantitative estimate of drug-likeness (QED) is 0.382. The van der Waals surface area contributed by atoms with Crippen LogP contribution in [0.2, 0.25) is 0 Å². The minimum atomic E-state index is 0.337. The van der Waals surface area contributed by atoms with Crippen LogP contribution in [0.4, 0.5) is 0 Å². The third kappa shape index (κ3) is 6.52. The van der Waals surface area contributed by atoms with Gasteiger partial charge in [-0.2, -0.15) is 0 Å². The van der Waals surface area contributed by atoms with Crippen LogP contribution in [-0.4, -0.2) is 5.80 Å². The van der Waals surface area contributed by atoms with E-state index in [1.54, 1.807) is 0 Å². The maximum absolute atomic E-state index is 4.03. The fourth-order valence-electron chi connectivity index (χ4n) is 0.173. The molecule has 7 heavy (non-hydrogen) atoms. The van der Waals surface area contributed by atoms with E-state index in [1.165, 1.54) is 0 Å². The molecule has 0 radical (unpaired) electrons. The van der Waals surface area contributed by atoms with Crippen LogP contribution in [0.25, 0.3) is 0 Å². The van der Waals surface area contributed by atoms with E-state index in [9.17, 15) is 0 Å². The Bertz CT molecular complexity index is 70.6. The van der Waals surface area contributed by atoms with Gasteiger partial charge in [0.25, 0.3) is 0 Å². The average molecular weight is 134 g/mol. The molecule has 0 amide bonds. The number of rotatable bonds is 0. The van der Waals surface area contributed by atoms with Gasteiger partial charge >= 0.3 is 0 Å². The summed E-state index contributed by atoms with van der Waals surface area (Å²) in [5.41, 5.74) is 0.337. The maximum Gasteiger partial charge on any atom is -0.0152 e. The van der Waals surface area contributed by atoms with E-state index < -0.39 is 0 Å². The topological polar surface area (TPSA) is 0 Å². The molecule has 0 aliphatic carbocycles. The molecule has 42 valence electrons. The summed E-state index contributed by atoms with van der Waals surface area (Å²) in [6, 6.07) is 0. The molecule has 0 fully saturated rings. The van der Waals surface area contributed by atoms with E-state index in [2.05, 4.69) is 38.8 Å². The third-order valence-electron chi connectivity index (χ3n) is 0.445. The smallest absolute Gasteiger partial charge is 0.0152 e. The summed E-state index contributed by atoms with van der Waals surface area (Å²) in [5, 5.41) is 0. The zero-order valence-electron chi connectivity index (χ0n) is 4.97. The molecule has 2 heteroatoms. The summed E-state index contributed by atoms with van der Waals surface area (Å²) in [6.07, 6.45) is 0. The third-order valence-corrected chi connectivity index (χ3v) is 1.68. The molecule has 0 rings (SSSR count). The highest BCUT2D eigenvalue weighted by atomic mass is 32.7. The Kier molecular flexibility index (Phi) is 2.94. The highest BCUT2D eigenvalue weighted by Crippen LogP contribution is 2.14. The predicted molar refractivity (Wildman–Crippen MR) is 41.4 cm³/mol. The molecular weight excluding hydrogens is 123 g/mol. The van der Waals surface area contributed by atoms with Crippen molar-refractivity contribution in [1.29, 1.82) is 0 Å². The second-order valence-electron chi connectivity index (χ2n) is 2.61. The second kappa shape index (κ2) is 2.74. The molecule has 0 aromatic carbocycles. The molecule has 0 heterocycles. The van der Waals surface area contributed by atoms with Gasteiger partial charge in [0.2, 0.25) is 0 Å². The van der Waals surface area contributed by atoms with Crippen LogP contribution in [0.1, 0.15) is 20.8 Å². The van der Waals surface area contributed by atoms with E-state index in [-0.39, 0.29) is 0 Å². The van der Waals surface area contributed by atoms with E-state index in [1.807, 2.05) is 0 Å². The van der Waals surface area contributed by atoms with E-state index >= 15 is 0 Å². The first-order chi connectivity index (χ1) is 3.06. The van der Waals surface area contributed by atoms with Crippen LogP contribution in [0, 0.1) is 5.41 Å². The highest BCUT2D eigenvalue weighted by Gasteiger charge is 2.01. The summed E-state index contributed by atoms with van der Waals surface area (Å²) in [7, 11) is 1.08. The van der Waals surface area contributed by atoms with Crippen LogP contribution in [-0.2, 0) is 0 Å². The van der Waals surface area contributed by atoms with Crippen LogP contribution < -0.4 is 0 Å². The highest BCUT2D eigenvalue weighted by molar-refractivity contribution is 8.37. The van der Waals surface area contributed by atoms with Crippen molar-refractivity contribution in [1.82, 2.24) is 0 Å². The van der Waals surface area contributed by atoms with Gasteiger partial charge in [-0.05, 0) is 18.6 Å². The van der Waals surface area contributed by atoms with Crippen molar-refractivity contribution >= 4 is 25.5 Å². The van der Waals surface area contributed by atoms with Crippen molar-refractivity contribution in [2.75, 3.05) is 0 Å². The first kappa shape index (κ1) is 7.52. The normalized spacial score (nSPS) is 13.1. The van der Waals surface area contributed by atoms with Crippen LogP contribution in [0.15, 0.2) is 0 Å². The molecule has 0 unspecified atom stereocenters. The monoisotopic (exact) mass is 134 g/mol. The van der Waals surface area contributed by atoms with Gasteiger partial charge in [-0.3, -0.25) is 0 Å². The van der Waals surface area contributed by atoms with Crippen molar-refractivity contribution < 1.29 is 0 Å². The Balaban J connectivity index is 3.56. The Labute approximate surface area is 52.3 Å². The molecular formula is C5H11PS. The van der Waals surface area contributed by atoms with E-state index in [0.717, 1.165) is 7.41 Å². The molecule has 0 saturated heterocycles. The summed E-state index contributed by atoms with van der Waals surface area (Å²) < 4.78 is 0. The predicted octanol–water partition coefficient (Wildman–Crippen LogP) is 2.63. The molecule has 0 aromatic heterocycles. The summed E-state index contributed by atoms with van der Waals surface area (Å²) in [4.78, 5) is 0. The van der Waals surface area contributed by atoms with Gasteiger partial charge in [0.1, 0.15) is 0 Å². The van der Waals surface area contributed by atoms with Crippen molar-refractivity contribution in [3.63, 3.8) is 0 Å². The average Bonchev–Trinajstić information content (AvgIpc) is 1.30. The zero-order valence-corrected chi connectivity index (χ0v) is 6.76. The van der Waals surface area contributed by atoms with Gasteiger partial charge in [-0.25, -0.2) is 0 Å². The fraction of sp³-hybridized carbons (Fsp3) is 0.800. The molecule has 0 atom stereocenters. The lowest BCUT2D eigenvalue weighted by atomic mass is 10.0. The van der Waals surface area contributed by atoms with Gasteiger partial charge in [0, 0.05) is 0 Å². The van der Waals surface area contributed by atoms with Gasteiger partial charge in [-0.15, -0.1) is 12.2 Å². The number of thiol groups is 1. The van der Waals surface area contributed by atoms with Crippen molar-refractivity contribution in [3.05, 3.63) is 0 Å². The lowest BCUT2D eigenvalue weighted by Crippen LogP contribution is -2.03. The molecule has 0 aromatic rings. The Morgan fingerprint density at radius 3 is 1.86 bits per heavy atom. The molecule has 0 nitrogen and oxygen atoms in total. The Morgan fingerprint density at radius 2 is 1.86 bits per heavy atom. The molecule has 0 N–H and O–H groups in total. The first-order valence-electron chi connectivity index (χ1n) is 2.25. The Hall–Kier alpha value is 0.520. The molecule has 0 aliphatic heterocycles. The van der Waals surface area contributed by atoms with Crippen LogP contribution >= 0.6 is 19.7 Å². The first-order valence-corrected chi connectivity index (χ1v) is 4.36. The van der Waals surface area contributed by atoms with Crippen LogP contribution in [0.3, 0.4) is 0 Å². The second-order valence-corrected chi connectivity index (χ2v) is 3.79. The van der Waals surface area contributed by atoms with Gasteiger partial charge in [0.15, 0.2) is 0 Å². The van der Waals surface area contributed by atoms with Crippen LogP contribution in [0.5, 0.6) is 0 Å². The fourth-order valence-corrected chi connectivity index (χ4v) is 1.56. The lowest BCUT2D eigenvalue weighted by Gasteiger charge is -2.08. The van der Waals surface area contributed by atoms with Gasteiger partial charge in [0.05, 0.1) is 0 Å². The lowest BCUT2D eigenvalue weighted by molar-refractivity contribution is 0.615. The standard InChI is InChI=1S/C5H11PS/c1-5(2,3)4-6-7/h4,7H,1-3H3. The van der Waals surface area contributed by atoms with Crippen molar-refractivity contribution in [2.24, 2.45) is 5.41 Å². The number of hydrogen-bond donors (Lipinski definition) is 1. The Morgan fingerprint density at radius 1 is 1.43 bits per heavy atom. The minimum absolute atomic E-state index is 0.337. The van der Waals surface area contributed by atoms with Crippen molar-refractivity contribution in [2.45, 2.75) is 20.8 Å². The minimum Gasteiger partial charge on any atom is -0.120 e. The molecule has 0 aliphatic rings. The largest absolute Gasteiger partial charge is 0.120 e. The summed E-state index contributed by atoms with van der Waals surface area (Å²) >= 11 is 4.03. The molecule has 0 bridgehead atoms. The van der Waals surface area contributed by atoms with Gasteiger partial charge in [-0.1, -0.05) is 20.8 Å². The van der Waals surface area contributed by atoms with E-state index in [4.69, 9.17) is 0 Å². The number of hydrogen-bond acceptors (Lipinski definition) is 1.